The van der Waals surface area contributed by atoms with Crippen LogP contribution < -0.4 is 5.32 Å². The van der Waals surface area contributed by atoms with Gasteiger partial charge in [-0.15, -0.1) is 0 Å². The molecule has 9 heteroatoms. The highest BCUT2D eigenvalue weighted by molar-refractivity contribution is 7.89. The van der Waals surface area contributed by atoms with E-state index in [0.29, 0.717) is 18.5 Å². The highest BCUT2D eigenvalue weighted by atomic mass is 32.2. The summed E-state index contributed by atoms with van der Waals surface area (Å²) in [6.07, 6.45) is 0.459. The van der Waals surface area contributed by atoms with E-state index in [1.165, 1.54) is 16.4 Å². The Hall–Kier alpha value is -3.56. The average Bonchev–Trinajstić information content (AvgIpc) is 3.15. The van der Waals surface area contributed by atoms with Crippen molar-refractivity contribution in [2.75, 3.05) is 32.7 Å². The Morgan fingerprint density at radius 3 is 2.14 bits per heavy atom. The van der Waals surface area contributed by atoms with Crippen LogP contribution in [0.15, 0.2) is 83.8 Å². The van der Waals surface area contributed by atoms with Crippen molar-refractivity contribution in [2.24, 2.45) is 0 Å². The summed E-state index contributed by atoms with van der Waals surface area (Å²) in [5, 5.41) is 2.65. The summed E-state index contributed by atoms with van der Waals surface area (Å²) < 4.78 is 40.2. The van der Waals surface area contributed by atoms with E-state index in [4.69, 9.17) is 0 Å². The van der Waals surface area contributed by atoms with Crippen molar-refractivity contribution in [3.05, 3.63) is 90.2 Å². The molecule has 1 heterocycles. The summed E-state index contributed by atoms with van der Waals surface area (Å²) in [7, 11) is -3.78. The third-order valence-electron chi connectivity index (χ3n) is 5.91. The van der Waals surface area contributed by atoms with Crippen LogP contribution in [-0.4, -0.2) is 62.2 Å². The molecule has 0 saturated carbocycles. The van der Waals surface area contributed by atoms with Gasteiger partial charge in [-0.05, 0) is 53.9 Å². The van der Waals surface area contributed by atoms with Gasteiger partial charge in [0.1, 0.15) is 5.82 Å². The summed E-state index contributed by atoms with van der Waals surface area (Å²) in [5.74, 6) is -1.14. The average molecular weight is 496 g/mol. The van der Waals surface area contributed by atoms with Gasteiger partial charge in [-0.25, -0.2) is 12.8 Å². The summed E-state index contributed by atoms with van der Waals surface area (Å²) in [6, 6.07) is 21.6. The molecule has 0 unspecified atom stereocenters. The van der Waals surface area contributed by atoms with Crippen LogP contribution >= 0.6 is 0 Å². The van der Waals surface area contributed by atoms with E-state index in [2.05, 4.69) is 5.32 Å². The number of rotatable bonds is 6. The van der Waals surface area contributed by atoms with Crippen LogP contribution in [0.1, 0.15) is 16.8 Å². The van der Waals surface area contributed by atoms with Gasteiger partial charge < -0.3 is 10.2 Å². The number of benzene rings is 3. The predicted molar refractivity (Wildman–Crippen MR) is 131 cm³/mol. The second kappa shape index (κ2) is 10.8. The van der Waals surface area contributed by atoms with Crippen LogP contribution in [0.2, 0.25) is 0 Å². The van der Waals surface area contributed by atoms with E-state index in [-0.39, 0.29) is 42.9 Å². The highest BCUT2D eigenvalue weighted by Gasteiger charge is 2.28. The van der Waals surface area contributed by atoms with Crippen molar-refractivity contribution >= 4 is 21.8 Å². The second-order valence-electron chi connectivity index (χ2n) is 8.22. The molecule has 0 atom stereocenters. The molecule has 0 radical (unpaired) electrons. The Balaban J connectivity index is 1.31. The van der Waals surface area contributed by atoms with Gasteiger partial charge >= 0.3 is 0 Å². The number of nitrogens with zero attached hydrogens (tertiary/aromatic N) is 2. The lowest BCUT2D eigenvalue weighted by Crippen LogP contribution is -2.42. The van der Waals surface area contributed by atoms with Gasteiger partial charge in [0.05, 0.1) is 11.4 Å². The number of amides is 2. The molecule has 4 rings (SSSR count). The molecule has 1 N–H and O–H groups in total. The van der Waals surface area contributed by atoms with Crippen LogP contribution in [-0.2, 0) is 14.8 Å². The quantitative estimate of drug-likeness (QED) is 0.569. The van der Waals surface area contributed by atoms with Gasteiger partial charge in [-0.2, -0.15) is 4.31 Å². The number of halogens is 1. The van der Waals surface area contributed by atoms with Crippen molar-refractivity contribution in [2.45, 2.75) is 11.3 Å². The van der Waals surface area contributed by atoms with Crippen LogP contribution in [0, 0.1) is 5.82 Å². The molecule has 1 aliphatic rings. The highest BCUT2D eigenvalue weighted by Crippen LogP contribution is 2.20. The number of hydrogen-bond acceptors (Lipinski definition) is 4. The third kappa shape index (κ3) is 5.93. The fraction of sp³-hybridized carbons (Fsp3) is 0.231. The number of hydrogen-bond donors (Lipinski definition) is 1. The van der Waals surface area contributed by atoms with E-state index in [0.717, 1.165) is 23.3 Å². The second-order valence-corrected chi connectivity index (χ2v) is 10.2. The lowest BCUT2D eigenvalue weighted by Gasteiger charge is -2.22. The first-order chi connectivity index (χ1) is 16.8. The van der Waals surface area contributed by atoms with Gasteiger partial charge in [0, 0.05) is 31.7 Å². The molecule has 35 heavy (non-hydrogen) atoms. The first kappa shape index (κ1) is 24.6. The van der Waals surface area contributed by atoms with Gasteiger partial charge in [-0.3, -0.25) is 9.59 Å². The fourth-order valence-corrected chi connectivity index (χ4v) is 5.42. The van der Waals surface area contributed by atoms with E-state index in [1.54, 1.807) is 17.0 Å². The maximum absolute atomic E-state index is 13.2. The number of nitrogens with one attached hydrogen (secondary N) is 1. The summed E-state index contributed by atoms with van der Waals surface area (Å²) >= 11 is 0. The van der Waals surface area contributed by atoms with E-state index in [1.807, 2.05) is 42.5 Å². The van der Waals surface area contributed by atoms with Crippen molar-refractivity contribution in [3.8, 4) is 11.1 Å². The van der Waals surface area contributed by atoms with Crippen molar-refractivity contribution in [1.29, 1.82) is 0 Å². The van der Waals surface area contributed by atoms with E-state index < -0.39 is 15.8 Å². The van der Waals surface area contributed by atoms with Crippen molar-refractivity contribution in [1.82, 2.24) is 14.5 Å². The van der Waals surface area contributed by atoms with Gasteiger partial charge in [0.2, 0.25) is 15.9 Å². The molecular weight excluding hydrogens is 469 g/mol. The lowest BCUT2D eigenvalue weighted by molar-refractivity contribution is -0.129. The predicted octanol–water partition coefficient (Wildman–Crippen LogP) is 3.15. The zero-order valence-corrected chi connectivity index (χ0v) is 19.9. The molecule has 0 spiro atoms. The minimum Gasteiger partial charge on any atom is -0.343 e. The minimum absolute atomic E-state index is 0.0178. The first-order valence-corrected chi connectivity index (χ1v) is 12.8. The minimum atomic E-state index is -3.78. The van der Waals surface area contributed by atoms with Crippen molar-refractivity contribution < 1.29 is 22.4 Å². The Kier molecular flexibility index (Phi) is 7.57. The molecule has 3 aromatic carbocycles. The maximum Gasteiger partial charge on any atom is 0.251 e. The molecule has 1 aliphatic heterocycles. The van der Waals surface area contributed by atoms with E-state index in [9.17, 15) is 22.4 Å². The van der Waals surface area contributed by atoms with Crippen LogP contribution in [0.4, 0.5) is 4.39 Å². The monoisotopic (exact) mass is 495 g/mol. The van der Waals surface area contributed by atoms with Gasteiger partial charge in [0.15, 0.2) is 0 Å². The topological polar surface area (TPSA) is 86.8 Å². The van der Waals surface area contributed by atoms with Crippen LogP contribution in [0.5, 0.6) is 0 Å². The molecule has 2 amide bonds. The van der Waals surface area contributed by atoms with Crippen LogP contribution in [0.25, 0.3) is 11.1 Å². The normalized spacial score (nSPS) is 14.8. The molecule has 1 saturated heterocycles. The number of carbonyl (C=O) groups is 2. The Labute approximate surface area is 204 Å². The Morgan fingerprint density at radius 1 is 0.800 bits per heavy atom. The molecule has 0 bridgehead atoms. The zero-order chi connectivity index (χ0) is 24.8. The summed E-state index contributed by atoms with van der Waals surface area (Å²) in [5.41, 5.74) is 2.49. The fourth-order valence-electron chi connectivity index (χ4n) is 3.95. The lowest BCUT2D eigenvalue weighted by atomic mass is 10.0. The third-order valence-corrected chi connectivity index (χ3v) is 7.83. The Morgan fingerprint density at radius 2 is 1.46 bits per heavy atom. The molecule has 0 aliphatic carbocycles. The van der Waals surface area contributed by atoms with E-state index >= 15 is 0 Å². The molecule has 0 aromatic heterocycles. The molecule has 182 valence electrons. The summed E-state index contributed by atoms with van der Waals surface area (Å²) in [4.78, 5) is 26.8. The largest absolute Gasteiger partial charge is 0.343 e. The maximum atomic E-state index is 13.2. The van der Waals surface area contributed by atoms with Gasteiger partial charge in [-0.1, -0.05) is 42.5 Å². The zero-order valence-electron chi connectivity index (χ0n) is 19.1. The first-order valence-electron chi connectivity index (χ1n) is 11.3. The summed E-state index contributed by atoms with van der Waals surface area (Å²) in [6.45, 7) is 0.796. The Bertz CT molecular complexity index is 1280. The standard InChI is InChI=1S/C26H26FN3O4S/c27-23-11-13-24(14-12-23)35(33,34)30-16-4-15-29(17-18-30)25(31)19-28-26(32)22-9-7-21(8-10-22)20-5-2-1-3-6-20/h1-3,5-14H,4,15-19H2,(H,28,32). The molecule has 1 fully saturated rings. The number of carbonyl (C=O) groups excluding carboxylic acids is 2. The molecule has 7 nitrogen and oxygen atoms in total. The van der Waals surface area contributed by atoms with Crippen LogP contribution in [0.3, 0.4) is 0 Å². The molecular formula is C26H26FN3O4S. The number of sulfonamides is 1. The van der Waals surface area contributed by atoms with Crippen molar-refractivity contribution in [3.63, 3.8) is 0 Å². The smallest absolute Gasteiger partial charge is 0.251 e. The SMILES string of the molecule is O=C(NCC(=O)N1CCCN(S(=O)(=O)c2ccc(F)cc2)CC1)c1ccc(-c2ccccc2)cc1. The molecule has 3 aromatic rings. The van der Waals surface area contributed by atoms with Gasteiger partial charge in [0.25, 0.3) is 5.91 Å².